The van der Waals surface area contributed by atoms with Crippen LogP contribution in [0.25, 0.3) is 0 Å². The zero-order valence-corrected chi connectivity index (χ0v) is 13.9. The molecule has 24 heavy (non-hydrogen) atoms. The maximum Gasteiger partial charge on any atom is 0.235 e. The fourth-order valence-corrected chi connectivity index (χ4v) is 2.45. The first kappa shape index (κ1) is 17.6. The molecule has 0 unspecified atom stereocenters. The molecule has 2 N–H and O–H groups in total. The van der Waals surface area contributed by atoms with Crippen LogP contribution in [-0.2, 0) is 16.0 Å². The number of hydrogen-bond acceptors (Lipinski definition) is 6. The Hall–Kier alpha value is -2.79. The lowest BCUT2D eigenvalue weighted by atomic mass is 10.1. The normalized spacial score (nSPS) is 10.0. The number of carbonyl (C=O) groups excluding carboxylic acids is 2. The van der Waals surface area contributed by atoms with Crippen molar-refractivity contribution in [3.05, 3.63) is 41.7 Å². The van der Waals surface area contributed by atoms with Crippen LogP contribution in [0.4, 0.5) is 11.5 Å². The summed E-state index contributed by atoms with van der Waals surface area (Å²) >= 11 is 1.20. The monoisotopic (exact) mass is 344 g/mol. The van der Waals surface area contributed by atoms with Crippen LogP contribution in [-0.4, -0.2) is 28.5 Å². The van der Waals surface area contributed by atoms with Crippen LogP contribution < -0.4 is 10.6 Å². The summed E-state index contributed by atoms with van der Waals surface area (Å²) in [5, 5.41) is 17.6. The van der Waals surface area contributed by atoms with Crippen LogP contribution in [0, 0.1) is 18.3 Å². The number of nitriles is 1. The van der Waals surface area contributed by atoms with Crippen LogP contribution in [0.3, 0.4) is 0 Å². The fourth-order valence-electron chi connectivity index (χ4n) is 1.83. The Morgan fingerprint density at radius 2 is 1.88 bits per heavy atom. The van der Waals surface area contributed by atoms with E-state index in [0.717, 1.165) is 5.56 Å². The number of benzene rings is 1. The minimum Gasteiger partial charge on any atom is -0.360 e. The molecule has 0 saturated heterocycles. The molecule has 0 saturated carbocycles. The first-order chi connectivity index (χ1) is 11.6. The Kier molecular flexibility index (Phi) is 6.40. The molecule has 1 aromatic heterocycles. The maximum atomic E-state index is 11.8. The number of anilines is 2. The first-order valence-corrected chi connectivity index (χ1v) is 8.29. The van der Waals surface area contributed by atoms with E-state index < -0.39 is 0 Å². The second kappa shape index (κ2) is 8.74. The van der Waals surface area contributed by atoms with Crippen LogP contribution in [0.15, 0.2) is 34.9 Å². The van der Waals surface area contributed by atoms with Gasteiger partial charge in [0.1, 0.15) is 5.76 Å². The number of hydrogen-bond donors (Lipinski definition) is 2. The maximum absolute atomic E-state index is 11.8. The van der Waals surface area contributed by atoms with Gasteiger partial charge < -0.3 is 15.2 Å². The zero-order valence-electron chi connectivity index (χ0n) is 13.0. The molecule has 8 heteroatoms. The van der Waals surface area contributed by atoms with E-state index in [0.29, 0.717) is 23.7 Å². The fraction of sp³-hybridized carbons (Fsp3) is 0.250. The van der Waals surface area contributed by atoms with Crippen molar-refractivity contribution < 1.29 is 14.1 Å². The van der Waals surface area contributed by atoms with Crippen molar-refractivity contribution in [1.29, 1.82) is 5.26 Å². The van der Waals surface area contributed by atoms with Crippen LogP contribution in [0.1, 0.15) is 11.3 Å². The number of carbonyl (C=O) groups is 2. The van der Waals surface area contributed by atoms with E-state index in [-0.39, 0.29) is 23.3 Å². The molecular formula is C16H16N4O3S. The van der Waals surface area contributed by atoms with Crippen molar-refractivity contribution in [2.45, 2.75) is 13.3 Å². The second-order valence-corrected chi connectivity index (χ2v) is 5.93. The quantitative estimate of drug-likeness (QED) is 0.798. The van der Waals surface area contributed by atoms with Crippen molar-refractivity contribution in [2.24, 2.45) is 0 Å². The lowest BCUT2D eigenvalue weighted by Crippen LogP contribution is -2.18. The molecule has 0 radical (unpaired) electrons. The van der Waals surface area contributed by atoms with E-state index in [2.05, 4.69) is 21.9 Å². The lowest BCUT2D eigenvalue weighted by Gasteiger charge is -2.05. The van der Waals surface area contributed by atoms with Crippen molar-refractivity contribution in [3.8, 4) is 6.07 Å². The zero-order chi connectivity index (χ0) is 17.4. The van der Waals surface area contributed by atoms with Crippen molar-refractivity contribution in [2.75, 3.05) is 22.1 Å². The molecule has 7 nitrogen and oxygen atoms in total. The van der Waals surface area contributed by atoms with Gasteiger partial charge in [0.2, 0.25) is 11.8 Å². The van der Waals surface area contributed by atoms with E-state index in [4.69, 9.17) is 9.78 Å². The van der Waals surface area contributed by atoms with Gasteiger partial charge in [-0.3, -0.25) is 9.59 Å². The molecule has 2 aromatic rings. The highest BCUT2D eigenvalue weighted by Gasteiger charge is 2.08. The van der Waals surface area contributed by atoms with Crippen molar-refractivity contribution in [1.82, 2.24) is 5.16 Å². The van der Waals surface area contributed by atoms with E-state index in [9.17, 15) is 9.59 Å². The molecule has 0 bridgehead atoms. The first-order valence-electron chi connectivity index (χ1n) is 7.13. The number of nitrogens with zero attached hydrogens (tertiary/aromatic N) is 2. The number of nitrogens with one attached hydrogen (secondary N) is 2. The van der Waals surface area contributed by atoms with Gasteiger partial charge in [-0.2, -0.15) is 5.26 Å². The minimum atomic E-state index is -0.248. The summed E-state index contributed by atoms with van der Waals surface area (Å²) in [5.41, 5.74) is 1.55. The number of aryl methyl sites for hydroxylation is 1. The number of amides is 2. The van der Waals surface area contributed by atoms with E-state index in [1.807, 2.05) is 0 Å². The average Bonchev–Trinajstić information content (AvgIpc) is 2.94. The molecule has 0 aliphatic rings. The van der Waals surface area contributed by atoms with Crippen molar-refractivity contribution in [3.63, 3.8) is 0 Å². The Balaban J connectivity index is 1.69. The Morgan fingerprint density at radius 1 is 1.21 bits per heavy atom. The molecule has 2 amide bonds. The van der Waals surface area contributed by atoms with Crippen LogP contribution in [0.2, 0.25) is 0 Å². The van der Waals surface area contributed by atoms with Gasteiger partial charge >= 0.3 is 0 Å². The molecule has 0 spiro atoms. The summed E-state index contributed by atoms with van der Waals surface area (Å²) in [6, 6.07) is 10.8. The van der Waals surface area contributed by atoms with Gasteiger partial charge in [0.15, 0.2) is 5.82 Å². The molecule has 2 rings (SSSR count). The van der Waals surface area contributed by atoms with E-state index in [1.54, 1.807) is 37.3 Å². The van der Waals surface area contributed by atoms with Gasteiger partial charge in [0, 0.05) is 11.8 Å². The highest BCUT2D eigenvalue weighted by molar-refractivity contribution is 8.00. The third-order valence-corrected chi connectivity index (χ3v) is 3.82. The number of thioether (sulfide) groups is 1. The SMILES string of the molecule is Cc1cc(NC(=O)CSCC(=O)Nc2ccc(CC#N)cc2)no1. The number of rotatable bonds is 7. The average molecular weight is 344 g/mol. The van der Waals surface area contributed by atoms with Gasteiger partial charge in [0.25, 0.3) is 0 Å². The largest absolute Gasteiger partial charge is 0.360 e. The molecular weight excluding hydrogens is 328 g/mol. The Morgan fingerprint density at radius 3 is 2.46 bits per heavy atom. The molecule has 0 atom stereocenters. The summed E-state index contributed by atoms with van der Waals surface area (Å²) in [4.78, 5) is 23.5. The third-order valence-electron chi connectivity index (χ3n) is 2.88. The van der Waals surface area contributed by atoms with E-state index in [1.165, 1.54) is 11.8 Å². The minimum absolute atomic E-state index is 0.139. The summed E-state index contributed by atoms with van der Waals surface area (Å²) in [7, 11) is 0. The molecule has 1 heterocycles. The predicted octanol–water partition coefficient (Wildman–Crippen LogP) is 2.36. The highest BCUT2D eigenvalue weighted by atomic mass is 32.2. The van der Waals surface area contributed by atoms with Gasteiger partial charge in [-0.15, -0.1) is 11.8 Å². The van der Waals surface area contributed by atoms with Gasteiger partial charge in [-0.25, -0.2) is 0 Å². The van der Waals surface area contributed by atoms with E-state index >= 15 is 0 Å². The second-order valence-electron chi connectivity index (χ2n) is 4.94. The smallest absolute Gasteiger partial charge is 0.235 e. The van der Waals surface area contributed by atoms with Crippen LogP contribution in [0.5, 0.6) is 0 Å². The van der Waals surface area contributed by atoms with Gasteiger partial charge in [-0.05, 0) is 24.6 Å². The Bertz CT molecular complexity index is 749. The Labute approximate surface area is 143 Å². The molecule has 0 aliphatic carbocycles. The van der Waals surface area contributed by atoms with Crippen LogP contribution >= 0.6 is 11.8 Å². The highest BCUT2D eigenvalue weighted by Crippen LogP contribution is 2.12. The summed E-state index contributed by atoms with van der Waals surface area (Å²) < 4.78 is 4.84. The van der Waals surface area contributed by atoms with Crippen molar-refractivity contribution >= 4 is 35.1 Å². The summed E-state index contributed by atoms with van der Waals surface area (Å²) in [5.74, 6) is 0.823. The lowest BCUT2D eigenvalue weighted by molar-refractivity contribution is -0.114. The summed E-state index contributed by atoms with van der Waals surface area (Å²) in [6.45, 7) is 1.73. The molecule has 0 aliphatic heterocycles. The summed E-state index contributed by atoms with van der Waals surface area (Å²) in [6.07, 6.45) is 0.338. The topological polar surface area (TPSA) is 108 Å². The third kappa shape index (κ3) is 5.78. The molecule has 1 aromatic carbocycles. The molecule has 124 valence electrons. The number of aromatic nitrogens is 1. The van der Waals surface area contributed by atoms with Gasteiger partial charge in [0.05, 0.1) is 24.0 Å². The standard InChI is InChI=1S/C16H16N4O3S/c1-11-8-14(20-23-11)19-16(22)10-24-9-15(21)18-13-4-2-12(3-5-13)6-7-17/h2-5,8H,6,9-10H2,1H3,(H,18,21)(H,19,20,22). The van der Waals surface area contributed by atoms with Gasteiger partial charge in [-0.1, -0.05) is 17.3 Å². The molecule has 0 fully saturated rings. The predicted molar refractivity (Wildman–Crippen MR) is 91.6 cm³/mol.